The minimum atomic E-state index is -3.31. The number of hydrogen-bond acceptors (Lipinski definition) is 4. The Kier molecular flexibility index (Phi) is 1.34. The van der Waals surface area contributed by atoms with Gasteiger partial charge in [-0.15, -0.1) is 0 Å². The molecule has 0 radical (unpaired) electrons. The van der Waals surface area contributed by atoms with Crippen molar-refractivity contribution in [3.63, 3.8) is 0 Å². The second-order valence-corrected chi connectivity index (χ2v) is 4.99. The average molecular weight is 178 g/mol. The molecule has 0 aromatic heterocycles. The van der Waals surface area contributed by atoms with E-state index >= 15 is 0 Å². The third-order valence-electron chi connectivity index (χ3n) is 2.15. The third kappa shape index (κ3) is 1.07. The summed E-state index contributed by atoms with van der Waals surface area (Å²) in [7, 11) is -3.31. The Labute approximate surface area is 65.6 Å². The van der Waals surface area contributed by atoms with E-state index in [2.05, 4.69) is 0 Å². The van der Waals surface area contributed by atoms with Crippen molar-refractivity contribution >= 4 is 10.1 Å². The molecule has 0 saturated carbocycles. The molecule has 2 bridgehead atoms. The molecule has 0 aromatic rings. The maximum Gasteiger partial charge on any atom is 0.273 e. The van der Waals surface area contributed by atoms with Gasteiger partial charge >= 0.3 is 0 Å². The normalized spacial score (nSPS) is 47.5. The van der Waals surface area contributed by atoms with Crippen LogP contribution in [0.25, 0.3) is 0 Å². The molecular weight excluding hydrogens is 168 g/mol. The summed E-state index contributed by atoms with van der Waals surface area (Å²) in [6.07, 6.45) is 1.05. The molecule has 2 aliphatic heterocycles. The zero-order chi connectivity index (χ0) is 8.11. The summed E-state index contributed by atoms with van der Waals surface area (Å²) in [6.45, 7) is 2.16. The quantitative estimate of drug-likeness (QED) is 0.499. The van der Waals surface area contributed by atoms with Crippen molar-refractivity contribution in [3.8, 4) is 0 Å². The van der Waals surface area contributed by atoms with Crippen LogP contribution in [0.15, 0.2) is 0 Å². The lowest BCUT2D eigenvalue weighted by atomic mass is 10.1. The summed E-state index contributed by atoms with van der Waals surface area (Å²) < 4.78 is 32.3. The van der Waals surface area contributed by atoms with E-state index in [0.29, 0.717) is 19.4 Å². The van der Waals surface area contributed by atoms with Gasteiger partial charge in [-0.2, -0.15) is 8.42 Å². The van der Waals surface area contributed by atoms with Crippen LogP contribution in [0.3, 0.4) is 0 Å². The van der Waals surface area contributed by atoms with Gasteiger partial charge in [-0.1, -0.05) is 0 Å². The highest BCUT2D eigenvalue weighted by molar-refractivity contribution is 7.87. The highest BCUT2D eigenvalue weighted by atomic mass is 32.2. The first kappa shape index (κ1) is 7.52. The van der Waals surface area contributed by atoms with Crippen molar-refractivity contribution in [2.24, 2.45) is 0 Å². The number of fused-ring (bicyclic) bond motifs is 2. The summed E-state index contributed by atoms with van der Waals surface area (Å²) in [6, 6.07) is 0. The van der Waals surface area contributed by atoms with Crippen molar-refractivity contribution in [2.45, 2.75) is 30.8 Å². The van der Waals surface area contributed by atoms with Crippen molar-refractivity contribution in [1.29, 1.82) is 0 Å². The fraction of sp³-hybridized carbons (Fsp3) is 1.00. The number of hydrogen-bond donors (Lipinski definition) is 0. The highest BCUT2D eigenvalue weighted by Gasteiger charge is 2.51. The van der Waals surface area contributed by atoms with Crippen LogP contribution in [0.2, 0.25) is 0 Å². The predicted octanol–water partition coefficient (Wildman–Crippen LogP) is 0.242. The lowest BCUT2D eigenvalue weighted by molar-refractivity contribution is -0.169. The topological polar surface area (TPSA) is 52.6 Å². The minimum Gasteiger partial charge on any atom is -0.349 e. The van der Waals surface area contributed by atoms with Gasteiger partial charge in [-0.25, -0.2) is 4.18 Å². The summed E-state index contributed by atoms with van der Waals surface area (Å²) in [4.78, 5) is 0. The third-order valence-corrected chi connectivity index (χ3v) is 3.95. The molecule has 64 valence electrons. The van der Waals surface area contributed by atoms with E-state index in [4.69, 9.17) is 8.92 Å². The molecule has 11 heavy (non-hydrogen) atoms. The molecular formula is C6H10O4S. The van der Waals surface area contributed by atoms with Crippen LogP contribution in [0.4, 0.5) is 0 Å². The average Bonchev–Trinajstić information content (AvgIpc) is 1.98. The molecule has 0 amide bonds. The van der Waals surface area contributed by atoms with Crippen LogP contribution in [-0.4, -0.2) is 26.1 Å². The monoisotopic (exact) mass is 178 g/mol. The SMILES string of the molecule is CC12CC(CCO1)S(=O)(=O)O2. The Morgan fingerprint density at radius 1 is 1.55 bits per heavy atom. The largest absolute Gasteiger partial charge is 0.349 e. The molecule has 2 atom stereocenters. The van der Waals surface area contributed by atoms with Gasteiger partial charge in [-0.3, -0.25) is 0 Å². The molecule has 2 unspecified atom stereocenters. The van der Waals surface area contributed by atoms with Gasteiger partial charge in [0.25, 0.3) is 10.1 Å². The van der Waals surface area contributed by atoms with E-state index in [9.17, 15) is 8.42 Å². The van der Waals surface area contributed by atoms with E-state index in [1.807, 2.05) is 0 Å². The molecule has 0 N–H and O–H groups in total. The molecule has 2 aliphatic rings. The first-order valence-corrected chi connectivity index (χ1v) is 5.07. The standard InChI is InChI=1S/C6H10O4S/c1-6-4-5(2-3-9-6)11(7,8)10-6/h5H,2-4H2,1H3. The van der Waals surface area contributed by atoms with Crippen LogP contribution in [0, 0.1) is 0 Å². The maximum absolute atomic E-state index is 11.1. The van der Waals surface area contributed by atoms with Crippen LogP contribution in [0.1, 0.15) is 19.8 Å². The van der Waals surface area contributed by atoms with Crippen LogP contribution < -0.4 is 0 Å². The fourth-order valence-corrected chi connectivity index (χ4v) is 3.23. The summed E-state index contributed by atoms with van der Waals surface area (Å²) in [5, 5.41) is -0.332. The predicted molar refractivity (Wildman–Crippen MR) is 37.4 cm³/mol. The fourth-order valence-electron chi connectivity index (χ4n) is 1.60. The number of ether oxygens (including phenoxy) is 1. The van der Waals surface area contributed by atoms with Gasteiger partial charge in [0, 0.05) is 6.42 Å². The summed E-state index contributed by atoms with van der Waals surface area (Å²) in [5.74, 6) is -0.859. The van der Waals surface area contributed by atoms with Crippen molar-refractivity contribution in [1.82, 2.24) is 0 Å². The lowest BCUT2D eigenvalue weighted by Crippen LogP contribution is -2.32. The Hall–Kier alpha value is -0.130. The Balaban J connectivity index is 2.38. The van der Waals surface area contributed by atoms with Crippen LogP contribution in [-0.2, 0) is 19.0 Å². The molecule has 0 aromatic carbocycles. The summed E-state index contributed by atoms with van der Waals surface area (Å²) >= 11 is 0. The van der Waals surface area contributed by atoms with Gasteiger partial charge < -0.3 is 4.74 Å². The highest BCUT2D eigenvalue weighted by Crippen LogP contribution is 2.39. The molecule has 2 heterocycles. The molecule has 0 spiro atoms. The van der Waals surface area contributed by atoms with E-state index in [1.165, 1.54) is 0 Å². The Bertz CT molecular complexity index is 270. The van der Waals surface area contributed by atoms with Gasteiger partial charge in [0.1, 0.15) is 0 Å². The van der Waals surface area contributed by atoms with Gasteiger partial charge in [0.2, 0.25) is 0 Å². The van der Waals surface area contributed by atoms with Crippen molar-refractivity contribution in [3.05, 3.63) is 0 Å². The first-order chi connectivity index (χ1) is 5.02. The second kappa shape index (κ2) is 1.97. The van der Waals surface area contributed by atoms with Crippen molar-refractivity contribution in [2.75, 3.05) is 6.61 Å². The van der Waals surface area contributed by atoms with Crippen molar-refractivity contribution < 1.29 is 17.3 Å². The molecule has 2 saturated heterocycles. The zero-order valence-electron chi connectivity index (χ0n) is 6.24. The van der Waals surface area contributed by atoms with E-state index in [1.54, 1.807) is 6.92 Å². The number of rotatable bonds is 0. The zero-order valence-corrected chi connectivity index (χ0v) is 7.06. The van der Waals surface area contributed by atoms with Gasteiger partial charge in [-0.05, 0) is 13.3 Å². The Morgan fingerprint density at radius 3 is 2.82 bits per heavy atom. The smallest absolute Gasteiger partial charge is 0.273 e. The maximum atomic E-state index is 11.1. The second-order valence-electron chi connectivity index (χ2n) is 3.17. The van der Waals surface area contributed by atoms with E-state index < -0.39 is 15.9 Å². The molecule has 2 fully saturated rings. The molecule has 5 heteroatoms. The van der Waals surface area contributed by atoms with Crippen LogP contribution >= 0.6 is 0 Å². The van der Waals surface area contributed by atoms with Gasteiger partial charge in [0.05, 0.1) is 11.9 Å². The minimum absolute atomic E-state index is 0.332. The van der Waals surface area contributed by atoms with E-state index in [-0.39, 0.29) is 5.25 Å². The lowest BCUT2D eigenvalue weighted by Gasteiger charge is -2.24. The first-order valence-electron chi connectivity index (χ1n) is 3.60. The van der Waals surface area contributed by atoms with Gasteiger partial charge in [0.15, 0.2) is 5.79 Å². The van der Waals surface area contributed by atoms with Crippen LogP contribution in [0.5, 0.6) is 0 Å². The Morgan fingerprint density at radius 2 is 2.27 bits per heavy atom. The van der Waals surface area contributed by atoms with E-state index in [0.717, 1.165) is 0 Å². The molecule has 2 rings (SSSR count). The molecule has 4 nitrogen and oxygen atoms in total. The summed E-state index contributed by atoms with van der Waals surface area (Å²) in [5.41, 5.74) is 0. The molecule has 0 aliphatic carbocycles.